The molecule has 1 aromatic heterocycles. The number of carbonyl (C=O) groups is 1. The zero-order valence-corrected chi connectivity index (χ0v) is 11.3. The van der Waals surface area contributed by atoms with Crippen LogP contribution in [0.5, 0.6) is 0 Å². The molecule has 0 amide bonds. The predicted octanol–water partition coefficient (Wildman–Crippen LogP) is 0.646. The van der Waals surface area contributed by atoms with E-state index in [4.69, 9.17) is 15.2 Å². The van der Waals surface area contributed by atoms with E-state index in [0.717, 1.165) is 0 Å². The largest absolute Gasteiger partial charge is 0.462 e. The van der Waals surface area contributed by atoms with Crippen molar-refractivity contribution in [3.05, 3.63) is 28.7 Å². The molecule has 0 radical (unpaired) electrons. The van der Waals surface area contributed by atoms with Crippen molar-refractivity contribution in [3.63, 3.8) is 0 Å². The molecule has 0 aromatic carbocycles. The number of ether oxygens (including phenoxy) is 2. The van der Waals surface area contributed by atoms with E-state index in [1.807, 2.05) is 13.8 Å². The van der Waals surface area contributed by atoms with E-state index in [-0.39, 0.29) is 18.7 Å². The van der Waals surface area contributed by atoms with Gasteiger partial charge in [-0.2, -0.15) is 0 Å². The van der Waals surface area contributed by atoms with Crippen LogP contribution in [0.4, 0.5) is 5.69 Å². The lowest BCUT2D eigenvalue weighted by molar-refractivity contribution is -0.146. The smallest absolute Gasteiger partial charge is 0.326 e. The molecule has 0 unspecified atom stereocenters. The maximum absolute atomic E-state index is 11.5. The number of nitrogen functional groups attached to an aromatic ring is 1. The summed E-state index contributed by atoms with van der Waals surface area (Å²) in [7, 11) is 0. The average molecular weight is 268 g/mol. The van der Waals surface area contributed by atoms with Crippen LogP contribution in [-0.4, -0.2) is 30.4 Å². The Bertz CT molecular complexity index is 468. The van der Waals surface area contributed by atoms with Gasteiger partial charge in [-0.25, -0.2) is 0 Å². The van der Waals surface area contributed by atoms with E-state index < -0.39 is 5.97 Å². The lowest BCUT2D eigenvalue weighted by Gasteiger charge is -2.09. The highest BCUT2D eigenvalue weighted by molar-refractivity contribution is 5.69. The molecule has 2 N–H and O–H groups in total. The molecule has 106 valence electrons. The van der Waals surface area contributed by atoms with E-state index in [1.54, 1.807) is 0 Å². The maximum Gasteiger partial charge on any atom is 0.326 e. The SMILES string of the molecule is CC(C)COCCOC(=O)Cn1cc(N)ccc1=O. The zero-order chi connectivity index (χ0) is 14.3. The number of anilines is 1. The van der Waals surface area contributed by atoms with Crippen LogP contribution in [0.15, 0.2) is 23.1 Å². The van der Waals surface area contributed by atoms with Gasteiger partial charge in [-0.1, -0.05) is 13.8 Å². The Kier molecular flexibility index (Phi) is 6.08. The van der Waals surface area contributed by atoms with Gasteiger partial charge in [0.05, 0.1) is 6.61 Å². The highest BCUT2D eigenvalue weighted by Gasteiger charge is 2.06. The minimum absolute atomic E-state index is 0.145. The van der Waals surface area contributed by atoms with Crippen LogP contribution in [-0.2, 0) is 20.8 Å². The predicted molar refractivity (Wildman–Crippen MR) is 71.7 cm³/mol. The van der Waals surface area contributed by atoms with Crippen LogP contribution in [0.3, 0.4) is 0 Å². The van der Waals surface area contributed by atoms with Crippen LogP contribution in [0, 0.1) is 5.92 Å². The Labute approximate surface area is 112 Å². The quantitative estimate of drug-likeness (QED) is 0.579. The number of esters is 1. The fourth-order valence-corrected chi connectivity index (χ4v) is 1.39. The summed E-state index contributed by atoms with van der Waals surface area (Å²) < 4.78 is 11.4. The summed E-state index contributed by atoms with van der Waals surface area (Å²) in [5.41, 5.74) is 5.67. The molecule has 0 saturated carbocycles. The number of pyridine rings is 1. The van der Waals surface area contributed by atoms with Crippen LogP contribution in [0.2, 0.25) is 0 Å². The summed E-state index contributed by atoms with van der Waals surface area (Å²) in [4.78, 5) is 22.9. The molecule has 0 fully saturated rings. The third-order valence-corrected chi connectivity index (χ3v) is 2.25. The summed E-state index contributed by atoms with van der Waals surface area (Å²) in [5.74, 6) is -0.0394. The fourth-order valence-electron chi connectivity index (χ4n) is 1.39. The van der Waals surface area contributed by atoms with Gasteiger partial charge in [-0.05, 0) is 12.0 Å². The number of nitrogens with two attached hydrogens (primary N) is 1. The molecule has 0 bridgehead atoms. The molecule has 1 heterocycles. The van der Waals surface area contributed by atoms with E-state index >= 15 is 0 Å². The van der Waals surface area contributed by atoms with Crippen molar-refractivity contribution >= 4 is 11.7 Å². The Hall–Kier alpha value is -1.82. The van der Waals surface area contributed by atoms with Gasteiger partial charge in [-0.3, -0.25) is 9.59 Å². The molecule has 6 heteroatoms. The second kappa shape index (κ2) is 7.58. The zero-order valence-electron chi connectivity index (χ0n) is 11.3. The van der Waals surface area contributed by atoms with Gasteiger partial charge in [0, 0.05) is 24.6 Å². The molecule has 1 aromatic rings. The van der Waals surface area contributed by atoms with Crippen molar-refractivity contribution in [3.8, 4) is 0 Å². The van der Waals surface area contributed by atoms with Gasteiger partial charge < -0.3 is 19.8 Å². The van der Waals surface area contributed by atoms with Crippen LogP contribution in [0.25, 0.3) is 0 Å². The van der Waals surface area contributed by atoms with Crippen molar-refractivity contribution < 1.29 is 14.3 Å². The standard InChI is InChI=1S/C13H20N2O4/c1-10(2)9-18-5-6-19-13(17)8-15-7-11(14)3-4-12(15)16/h3-4,7,10H,5-6,8-9,14H2,1-2H3. The number of hydrogen-bond donors (Lipinski definition) is 1. The molecule has 6 nitrogen and oxygen atoms in total. The third-order valence-electron chi connectivity index (χ3n) is 2.25. The number of nitrogens with zero attached hydrogens (tertiary/aromatic N) is 1. The molecule has 0 spiro atoms. The summed E-state index contributed by atoms with van der Waals surface area (Å²) in [5, 5.41) is 0. The number of carbonyl (C=O) groups excluding carboxylic acids is 1. The molecule has 1 rings (SSSR count). The van der Waals surface area contributed by atoms with E-state index in [1.165, 1.54) is 22.9 Å². The fraction of sp³-hybridized carbons (Fsp3) is 0.538. The Morgan fingerprint density at radius 1 is 1.37 bits per heavy atom. The van der Waals surface area contributed by atoms with Gasteiger partial charge in [0.25, 0.3) is 5.56 Å². The Balaban J connectivity index is 2.31. The summed E-state index contributed by atoms with van der Waals surface area (Å²) in [6.07, 6.45) is 1.42. The van der Waals surface area contributed by atoms with Crippen molar-refractivity contribution in [2.75, 3.05) is 25.6 Å². The highest BCUT2D eigenvalue weighted by Crippen LogP contribution is 1.96. The molecular formula is C13H20N2O4. The molecule has 0 atom stereocenters. The maximum atomic E-state index is 11.5. The van der Waals surface area contributed by atoms with Crippen molar-refractivity contribution in [1.29, 1.82) is 0 Å². The number of hydrogen-bond acceptors (Lipinski definition) is 5. The first kappa shape index (κ1) is 15.2. The minimum atomic E-state index is -0.485. The van der Waals surface area contributed by atoms with E-state index in [9.17, 15) is 9.59 Å². The third kappa shape index (κ3) is 6.05. The van der Waals surface area contributed by atoms with Gasteiger partial charge in [0.2, 0.25) is 0 Å². The van der Waals surface area contributed by atoms with Gasteiger partial charge in [0.1, 0.15) is 13.2 Å². The number of rotatable bonds is 7. The molecule has 0 saturated heterocycles. The van der Waals surface area contributed by atoms with Crippen LogP contribution < -0.4 is 11.3 Å². The van der Waals surface area contributed by atoms with Gasteiger partial charge in [-0.15, -0.1) is 0 Å². The summed E-state index contributed by atoms with van der Waals surface area (Å²) in [6, 6.07) is 2.80. The number of aromatic nitrogens is 1. The van der Waals surface area contributed by atoms with Crippen molar-refractivity contribution in [2.45, 2.75) is 20.4 Å². The lowest BCUT2D eigenvalue weighted by Crippen LogP contribution is -2.25. The van der Waals surface area contributed by atoms with Gasteiger partial charge in [0.15, 0.2) is 0 Å². The second-order valence-electron chi connectivity index (χ2n) is 4.62. The topological polar surface area (TPSA) is 83.6 Å². The highest BCUT2D eigenvalue weighted by atomic mass is 16.6. The molecule has 0 aliphatic heterocycles. The first-order valence-electron chi connectivity index (χ1n) is 6.18. The van der Waals surface area contributed by atoms with Crippen LogP contribution >= 0.6 is 0 Å². The van der Waals surface area contributed by atoms with Gasteiger partial charge >= 0.3 is 5.97 Å². The second-order valence-corrected chi connectivity index (χ2v) is 4.62. The van der Waals surface area contributed by atoms with Crippen molar-refractivity contribution in [2.24, 2.45) is 5.92 Å². The molecule has 0 aliphatic rings. The summed E-state index contributed by atoms with van der Waals surface area (Å²) in [6.45, 7) is 5.11. The minimum Gasteiger partial charge on any atom is -0.462 e. The Morgan fingerprint density at radius 3 is 2.79 bits per heavy atom. The van der Waals surface area contributed by atoms with Crippen LogP contribution in [0.1, 0.15) is 13.8 Å². The normalized spacial score (nSPS) is 10.7. The average Bonchev–Trinajstić information content (AvgIpc) is 2.33. The van der Waals surface area contributed by atoms with E-state index in [0.29, 0.717) is 24.8 Å². The monoisotopic (exact) mass is 268 g/mol. The summed E-state index contributed by atoms with van der Waals surface area (Å²) >= 11 is 0. The molecule has 19 heavy (non-hydrogen) atoms. The van der Waals surface area contributed by atoms with E-state index in [2.05, 4.69) is 0 Å². The first-order valence-corrected chi connectivity index (χ1v) is 6.18. The lowest BCUT2D eigenvalue weighted by atomic mass is 10.2. The Morgan fingerprint density at radius 2 is 2.11 bits per heavy atom. The first-order chi connectivity index (χ1) is 8.99. The molecular weight excluding hydrogens is 248 g/mol. The van der Waals surface area contributed by atoms with Crippen molar-refractivity contribution in [1.82, 2.24) is 4.57 Å². The molecule has 0 aliphatic carbocycles.